The van der Waals surface area contributed by atoms with Crippen molar-refractivity contribution in [2.75, 3.05) is 7.05 Å². The van der Waals surface area contributed by atoms with Gasteiger partial charge in [-0.3, -0.25) is 5.10 Å². The number of urea groups is 1. The minimum atomic E-state index is -0.344. The first-order valence-corrected chi connectivity index (χ1v) is 8.85. The topological polar surface area (TPSA) is 99.9 Å². The second-order valence-electron chi connectivity index (χ2n) is 7.01. The zero-order chi connectivity index (χ0) is 18.0. The number of hydrogen-bond acceptors (Lipinski definition) is 5. The maximum atomic E-state index is 12.4. The van der Waals surface area contributed by atoms with Gasteiger partial charge in [-0.1, -0.05) is 19.0 Å². The highest BCUT2D eigenvalue weighted by Gasteiger charge is 2.22. The van der Waals surface area contributed by atoms with Gasteiger partial charge in [-0.25, -0.2) is 4.79 Å². The molecule has 8 nitrogen and oxygen atoms in total. The number of nitrogens with zero attached hydrogens (tertiary/aromatic N) is 4. The van der Waals surface area contributed by atoms with E-state index in [4.69, 9.17) is 4.52 Å². The largest absolute Gasteiger partial charge is 0.337 e. The fourth-order valence-corrected chi connectivity index (χ4v) is 2.99. The third-order valence-corrected chi connectivity index (χ3v) is 4.56. The van der Waals surface area contributed by atoms with E-state index in [0.29, 0.717) is 18.3 Å². The molecule has 2 aromatic rings. The molecule has 0 spiro atoms. The van der Waals surface area contributed by atoms with Crippen LogP contribution in [0, 0.1) is 0 Å². The highest BCUT2D eigenvalue weighted by molar-refractivity contribution is 5.74. The lowest BCUT2D eigenvalue weighted by atomic mass is 9.96. The normalized spacial score (nSPS) is 15.1. The molecule has 0 saturated carbocycles. The van der Waals surface area contributed by atoms with Crippen molar-refractivity contribution in [3.8, 4) is 0 Å². The second kappa shape index (κ2) is 7.25. The molecule has 0 bridgehead atoms. The van der Waals surface area contributed by atoms with E-state index >= 15 is 0 Å². The van der Waals surface area contributed by atoms with Crippen molar-refractivity contribution in [3.05, 3.63) is 28.7 Å². The Bertz CT molecular complexity index is 735. The second-order valence-corrected chi connectivity index (χ2v) is 7.01. The van der Waals surface area contributed by atoms with Crippen LogP contribution in [-0.2, 0) is 19.4 Å². The summed E-state index contributed by atoms with van der Waals surface area (Å²) < 4.78 is 5.24. The number of H-pyrrole nitrogens is 1. The first-order valence-electron chi connectivity index (χ1n) is 8.85. The van der Waals surface area contributed by atoms with Crippen LogP contribution in [0.1, 0.15) is 74.2 Å². The van der Waals surface area contributed by atoms with E-state index < -0.39 is 0 Å². The molecule has 136 valence electrons. The average molecular weight is 346 g/mol. The number of aryl methyl sites for hydroxylation is 1. The number of fused-ring (bicyclic) bond motifs is 1. The lowest BCUT2D eigenvalue weighted by Crippen LogP contribution is -2.38. The van der Waals surface area contributed by atoms with E-state index in [0.717, 1.165) is 18.5 Å². The number of amides is 2. The van der Waals surface area contributed by atoms with E-state index in [-0.39, 0.29) is 18.0 Å². The molecule has 1 aliphatic rings. The molecule has 3 rings (SSSR count). The zero-order valence-electron chi connectivity index (χ0n) is 15.3. The number of aromatic nitrogens is 4. The molecule has 0 saturated heterocycles. The summed E-state index contributed by atoms with van der Waals surface area (Å²) >= 11 is 0. The van der Waals surface area contributed by atoms with Gasteiger partial charge in [-0.05, 0) is 38.2 Å². The third-order valence-electron chi connectivity index (χ3n) is 4.56. The molecule has 8 heteroatoms. The van der Waals surface area contributed by atoms with E-state index in [1.54, 1.807) is 11.9 Å². The molecule has 1 aliphatic carbocycles. The van der Waals surface area contributed by atoms with Crippen molar-refractivity contribution in [1.29, 1.82) is 0 Å². The average Bonchev–Trinajstić information content (AvgIpc) is 3.22. The van der Waals surface area contributed by atoms with Crippen LogP contribution in [0.4, 0.5) is 4.79 Å². The number of hydrogen-bond donors (Lipinski definition) is 2. The predicted octanol–water partition coefficient (Wildman–Crippen LogP) is 2.70. The zero-order valence-corrected chi connectivity index (χ0v) is 15.3. The third kappa shape index (κ3) is 3.83. The fourth-order valence-electron chi connectivity index (χ4n) is 2.99. The molecule has 0 aromatic carbocycles. The summed E-state index contributed by atoms with van der Waals surface area (Å²) in [5.41, 5.74) is 3.45. The van der Waals surface area contributed by atoms with Gasteiger partial charge in [0.25, 0.3) is 0 Å². The summed E-state index contributed by atoms with van der Waals surface area (Å²) in [6.45, 7) is 6.30. The van der Waals surface area contributed by atoms with Crippen LogP contribution in [0.2, 0.25) is 0 Å². The van der Waals surface area contributed by atoms with Crippen molar-refractivity contribution < 1.29 is 9.32 Å². The molecule has 2 aromatic heterocycles. The number of carbonyl (C=O) groups excluding carboxylic acids is 1. The van der Waals surface area contributed by atoms with Gasteiger partial charge in [-0.15, -0.1) is 0 Å². The molecule has 0 aliphatic heterocycles. The van der Waals surface area contributed by atoms with Crippen molar-refractivity contribution in [3.63, 3.8) is 0 Å². The molecule has 25 heavy (non-hydrogen) atoms. The molecular weight excluding hydrogens is 320 g/mol. The SMILES string of the molecule is CC(C)c1noc(C(C)NC(=O)N(C)Cc2n[nH]c3c2CCCC3)n1. The van der Waals surface area contributed by atoms with Crippen LogP contribution in [0.15, 0.2) is 4.52 Å². The summed E-state index contributed by atoms with van der Waals surface area (Å²) in [6.07, 6.45) is 4.46. The molecule has 0 radical (unpaired) electrons. The van der Waals surface area contributed by atoms with Crippen LogP contribution in [-0.4, -0.2) is 38.3 Å². The lowest BCUT2D eigenvalue weighted by molar-refractivity contribution is 0.199. The van der Waals surface area contributed by atoms with Gasteiger partial charge < -0.3 is 14.7 Å². The molecule has 2 amide bonds. The van der Waals surface area contributed by atoms with Crippen LogP contribution >= 0.6 is 0 Å². The Morgan fingerprint density at radius 1 is 1.32 bits per heavy atom. The highest BCUT2D eigenvalue weighted by Crippen LogP contribution is 2.23. The van der Waals surface area contributed by atoms with Crippen molar-refractivity contribution in [1.82, 2.24) is 30.6 Å². The first-order chi connectivity index (χ1) is 12.0. The van der Waals surface area contributed by atoms with Crippen LogP contribution in [0.5, 0.6) is 0 Å². The minimum absolute atomic E-state index is 0.189. The fraction of sp³-hybridized carbons (Fsp3) is 0.647. The molecule has 0 fully saturated rings. The number of nitrogens with one attached hydrogen (secondary N) is 2. The number of carbonyl (C=O) groups is 1. The van der Waals surface area contributed by atoms with Gasteiger partial charge in [0.15, 0.2) is 5.82 Å². The van der Waals surface area contributed by atoms with Crippen LogP contribution in [0.3, 0.4) is 0 Å². The van der Waals surface area contributed by atoms with Crippen LogP contribution in [0.25, 0.3) is 0 Å². The van der Waals surface area contributed by atoms with Crippen molar-refractivity contribution in [2.24, 2.45) is 0 Å². The summed E-state index contributed by atoms with van der Waals surface area (Å²) in [5, 5.41) is 14.3. The minimum Gasteiger partial charge on any atom is -0.337 e. The summed E-state index contributed by atoms with van der Waals surface area (Å²) in [6, 6.07) is -0.535. The van der Waals surface area contributed by atoms with Crippen LogP contribution < -0.4 is 5.32 Å². The maximum Gasteiger partial charge on any atom is 0.318 e. The standard InChI is InChI=1S/C17H26N6O2/c1-10(2)15-19-16(25-22-15)11(3)18-17(24)23(4)9-14-12-7-5-6-8-13(12)20-21-14/h10-11H,5-9H2,1-4H3,(H,18,24)(H,20,21). The van der Waals surface area contributed by atoms with Gasteiger partial charge in [0, 0.05) is 18.7 Å². The molecular formula is C17H26N6O2. The van der Waals surface area contributed by atoms with Crippen molar-refractivity contribution >= 4 is 6.03 Å². The monoisotopic (exact) mass is 346 g/mol. The van der Waals surface area contributed by atoms with E-state index in [1.165, 1.54) is 24.1 Å². The number of aromatic amines is 1. The Balaban J connectivity index is 1.59. The Morgan fingerprint density at radius 2 is 2.08 bits per heavy atom. The molecule has 2 heterocycles. The summed E-state index contributed by atoms with van der Waals surface area (Å²) in [7, 11) is 1.76. The van der Waals surface area contributed by atoms with E-state index in [9.17, 15) is 4.79 Å². The van der Waals surface area contributed by atoms with Gasteiger partial charge in [0.2, 0.25) is 5.89 Å². The Kier molecular flexibility index (Phi) is 5.06. The van der Waals surface area contributed by atoms with E-state index in [1.807, 2.05) is 20.8 Å². The maximum absolute atomic E-state index is 12.4. The van der Waals surface area contributed by atoms with Gasteiger partial charge in [0.05, 0.1) is 12.2 Å². The van der Waals surface area contributed by atoms with Gasteiger partial charge in [-0.2, -0.15) is 10.1 Å². The molecule has 1 atom stereocenters. The predicted molar refractivity (Wildman–Crippen MR) is 92.0 cm³/mol. The molecule has 2 N–H and O–H groups in total. The quantitative estimate of drug-likeness (QED) is 0.867. The Labute approximate surface area is 147 Å². The first kappa shape index (κ1) is 17.4. The summed E-state index contributed by atoms with van der Waals surface area (Å²) in [4.78, 5) is 18.4. The number of rotatable bonds is 5. The Morgan fingerprint density at radius 3 is 2.80 bits per heavy atom. The van der Waals surface area contributed by atoms with Crippen molar-refractivity contribution in [2.45, 2.75) is 65.0 Å². The van der Waals surface area contributed by atoms with Gasteiger partial charge in [0.1, 0.15) is 6.04 Å². The van der Waals surface area contributed by atoms with Gasteiger partial charge >= 0.3 is 6.03 Å². The molecule has 1 unspecified atom stereocenters. The summed E-state index contributed by atoms with van der Waals surface area (Å²) in [5.74, 6) is 1.25. The smallest absolute Gasteiger partial charge is 0.318 e. The highest BCUT2D eigenvalue weighted by atomic mass is 16.5. The van der Waals surface area contributed by atoms with E-state index in [2.05, 4.69) is 25.7 Å². The lowest BCUT2D eigenvalue weighted by Gasteiger charge is -2.20. The Hall–Kier alpha value is -2.38.